The molecular formula is C28H21ClN2O4S. The summed E-state index contributed by atoms with van der Waals surface area (Å²) >= 11 is 7.69. The summed E-state index contributed by atoms with van der Waals surface area (Å²) in [7, 11) is 0. The molecule has 2 amide bonds. The Morgan fingerprint density at radius 2 is 1.75 bits per heavy atom. The molecule has 0 aliphatic carbocycles. The van der Waals surface area contributed by atoms with E-state index in [1.54, 1.807) is 71.8 Å². The molecule has 3 aromatic carbocycles. The van der Waals surface area contributed by atoms with Gasteiger partial charge in [-0.3, -0.25) is 14.4 Å². The Morgan fingerprint density at radius 1 is 0.972 bits per heavy atom. The number of halogens is 1. The van der Waals surface area contributed by atoms with Gasteiger partial charge < -0.3 is 14.6 Å². The summed E-state index contributed by atoms with van der Waals surface area (Å²) in [4.78, 5) is 40.3. The molecule has 1 N–H and O–H groups in total. The van der Waals surface area contributed by atoms with Gasteiger partial charge in [-0.05, 0) is 48.0 Å². The quantitative estimate of drug-likeness (QED) is 0.296. The van der Waals surface area contributed by atoms with Crippen molar-refractivity contribution in [3.05, 3.63) is 124 Å². The van der Waals surface area contributed by atoms with Crippen LogP contribution in [0.25, 0.3) is 0 Å². The molecule has 1 saturated heterocycles. The van der Waals surface area contributed by atoms with Gasteiger partial charge in [-0.15, -0.1) is 11.8 Å². The van der Waals surface area contributed by atoms with Gasteiger partial charge in [-0.25, -0.2) is 0 Å². The molecule has 2 heterocycles. The second-order valence-electron chi connectivity index (χ2n) is 8.23. The average molecular weight is 517 g/mol. The number of nitrogens with zero attached hydrogens (tertiary/aromatic N) is 1. The van der Waals surface area contributed by atoms with Crippen LogP contribution in [0.3, 0.4) is 0 Å². The monoisotopic (exact) mass is 516 g/mol. The van der Waals surface area contributed by atoms with Crippen LogP contribution in [0.15, 0.2) is 95.6 Å². The standard InChI is InChI=1S/C28H21ClN2O4S/c29-21-12-13-24(23(15-21)26(33)18-5-2-1-3-6-18)30-27(34)19-8-10-20(11-9-19)28-31(25(32)17-36-28)16-22-7-4-14-35-22/h1-15,28H,16-17H2,(H,30,34)/t28-/m1/s1. The van der Waals surface area contributed by atoms with E-state index >= 15 is 0 Å². The largest absolute Gasteiger partial charge is 0.467 e. The summed E-state index contributed by atoms with van der Waals surface area (Å²) in [6.45, 7) is 0.389. The summed E-state index contributed by atoms with van der Waals surface area (Å²) in [5, 5.41) is 3.08. The smallest absolute Gasteiger partial charge is 0.255 e. The molecule has 8 heteroatoms. The lowest BCUT2D eigenvalue weighted by molar-refractivity contribution is -0.128. The number of rotatable bonds is 7. The minimum absolute atomic E-state index is 0.0431. The normalized spacial score (nSPS) is 15.2. The number of ketones is 1. The number of thioether (sulfide) groups is 1. The van der Waals surface area contributed by atoms with Gasteiger partial charge in [0.15, 0.2) is 5.78 Å². The summed E-state index contributed by atoms with van der Waals surface area (Å²) in [5.41, 5.74) is 2.54. The van der Waals surface area contributed by atoms with Crippen molar-refractivity contribution in [3.63, 3.8) is 0 Å². The Hall–Kier alpha value is -3.81. The third-order valence-electron chi connectivity index (χ3n) is 5.84. The van der Waals surface area contributed by atoms with E-state index in [0.717, 1.165) is 11.3 Å². The van der Waals surface area contributed by atoms with Crippen molar-refractivity contribution in [2.75, 3.05) is 11.1 Å². The topological polar surface area (TPSA) is 79.6 Å². The van der Waals surface area contributed by atoms with Gasteiger partial charge in [-0.1, -0.05) is 54.1 Å². The fraction of sp³-hybridized carbons (Fsp3) is 0.107. The number of benzene rings is 3. The molecule has 0 radical (unpaired) electrons. The minimum atomic E-state index is -0.353. The predicted octanol–water partition coefficient (Wildman–Crippen LogP) is 6.19. The van der Waals surface area contributed by atoms with Crippen LogP contribution in [0.4, 0.5) is 5.69 Å². The number of carbonyl (C=O) groups excluding carboxylic acids is 3. The van der Waals surface area contributed by atoms with E-state index in [0.29, 0.717) is 39.7 Å². The van der Waals surface area contributed by atoms with Crippen molar-refractivity contribution >= 4 is 46.6 Å². The number of hydrogen-bond acceptors (Lipinski definition) is 5. The van der Waals surface area contributed by atoms with Gasteiger partial charge >= 0.3 is 0 Å². The van der Waals surface area contributed by atoms with Gasteiger partial charge in [-0.2, -0.15) is 0 Å². The lowest BCUT2D eigenvalue weighted by atomic mass is 10.0. The van der Waals surface area contributed by atoms with E-state index in [9.17, 15) is 14.4 Å². The first-order valence-electron chi connectivity index (χ1n) is 11.2. The minimum Gasteiger partial charge on any atom is -0.467 e. The first-order valence-corrected chi connectivity index (χ1v) is 12.7. The van der Waals surface area contributed by atoms with Crippen molar-refractivity contribution in [2.45, 2.75) is 11.9 Å². The molecule has 1 aromatic heterocycles. The number of nitrogens with one attached hydrogen (secondary N) is 1. The summed E-state index contributed by atoms with van der Waals surface area (Å²) in [6.07, 6.45) is 1.59. The van der Waals surface area contributed by atoms with E-state index < -0.39 is 0 Å². The molecule has 4 aromatic rings. The molecule has 5 rings (SSSR count). The highest BCUT2D eigenvalue weighted by atomic mass is 35.5. The number of amides is 2. The van der Waals surface area contributed by atoms with E-state index in [4.69, 9.17) is 16.0 Å². The molecule has 1 fully saturated rings. The second kappa shape index (κ2) is 10.4. The molecule has 0 unspecified atom stereocenters. The molecular weight excluding hydrogens is 496 g/mol. The van der Waals surface area contributed by atoms with Crippen LogP contribution in [-0.4, -0.2) is 28.3 Å². The lowest BCUT2D eigenvalue weighted by Gasteiger charge is -2.23. The van der Waals surface area contributed by atoms with Gasteiger partial charge in [0.05, 0.1) is 24.2 Å². The second-order valence-corrected chi connectivity index (χ2v) is 9.73. The highest BCUT2D eigenvalue weighted by Crippen LogP contribution is 2.39. The van der Waals surface area contributed by atoms with E-state index in [1.165, 1.54) is 11.8 Å². The Bertz CT molecular complexity index is 1410. The third kappa shape index (κ3) is 5.08. The van der Waals surface area contributed by atoms with Gasteiger partial charge in [0.1, 0.15) is 11.1 Å². The maximum Gasteiger partial charge on any atom is 0.255 e. The van der Waals surface area contributed by atoms with E-state index in [-0.39, 0.29) is 23.0 Å². The van der Waals surface area contributed by atoms with Crippen molar-refractivity contribution in [1.29, 1.82) is 0 Å². The zero-order valence-electron chi connectivity index (χ0n) is 19.0. The lowest BCUT2D eigenvalue weighted by Crippen LogP contribution is -2.27. The molecule has 1 aliphatic heterocycles. The number of carbonyl (C=O) groups is 3. The van der Waals surface area contributed by atoms with Crippen LogP contribution in [0.1, 0.15) is 43.0 Å². The van der Waals surface area contributed by atoms with Crippen molar-refractivity contribution in [1.82, 2.24) is 4.90 Å². The third-order valence-corrected chi connectivity index (χ3v) is 7.33. The molecule has 0 bridgehead atoms. The Labute approximate surface area is 217 Å². The molecule has 180 valence electrons. The fourth-order valence-electron chi connectivity index (χ4n) is 4.02. The summed E-state index contributed by atoms with van der Waals surface area (Å²) < 4.78 is 5.41. The number of furan rings is 1. The predicted molar refractivity (Wildman–Crippen MR) is 140 cm³/mol. The SMILES string of the molecule is O=C(Nc1ccc(Cl)cc1C(=O)c1ccccc1)c1ccc([C@H]2SCC(=O)N2Cc2ccco2)cc1. The highest BCUT2D eigenvalue weighted by Gasteiger charge is 2.33. The first-order chi connectivity index (χ1) is 17.5. The maximum absolute atomic E-state index is 13.0. The van der Waals surface area contributed by atoms with Crippen molar-refractivity contribution < 1.29 is 18.8 Å². The summed E-state index contributed by atoms with van der Waals surface area (Å²) in [5.74, 6) is 0.566. The van der Waals surface area contributed by atoms with Crippen LogP contribution in [0, 0.1) is 0 Å². The Morgan fingerprint density at radius 3 is 2.47 bits per heavy atom. The van der Waals surface area contributed by atoms with Gasteiger partial charge in [0.25, 0.3) is 5.91 Å². The van der Waals surface area contributed by atoms with Crippen LogP contribution < -0.4 is 5.32 Å². The van der Waals surface area contributed by atoms with Gasteiger partial charge in [0, 0.05) is 21.7 Å². The van der Waals surface area contributed by atoms with Crippen molar-refractivity contribution in [3.8, 4) is 0 Å². The van der Waals surface area contributed by atoms with Crippen molar-refractivity contribution in [2.24, 2.45) is 0 Å². The highest BCUT2D eigenvalue weighted by molar-refractivity contribution is 8.00. The van der Waals surface area contributed by atoms with Crippen LogP contribution in [-0.2, 0) is 11.3 Å². The number of hydrogen-bond donors (Lipinski definition) is 1. The Kier molecular flexibility index (Phi) is 6.93. The molecule has 6 nitrogen and oxygen atoms in total. The van der Waals surface area contributed by atoms with Crippen LogP contribution in [0.5, 0.6) is 0 Å². The van der Waals surface area contributed by atoms with Gasteiger partial charge in [0.2, 0.25) is 5.91 Å². The first kappa shape index (κ1) is 23.9. The molecule has 1 atom stereocenters. The maximum atomic E-state index is 13.0. The number of anilines is 1. The average Bonchev–Trinajstić information content (AvgIpc) is 3.55. The van der Waals surface area contributed by atoms with E-state index in [2.05, 4.69) is 5.32 Å². The fourth-order valence-corrected chi connectivity index (χ4v) is 5.38. The summed E-state index contributed by atoms with van der Waals surface area (Å²) in [6, 6.07) is 24.4. The van der Waals surface area contributed by atoms with Crippen LogP contribution in [0.2, 0.25) is 5.02 Å². The zero-order valence-corrected chi connectivity index (χ0v) is 20.6. The molecule has 0 saturated carbocycles. The van der Waals surface area contributed by atoms with E-state index in [1.807, 2.05) is 24.3 Å². The van der Waals surface area contributed by atoms with Crippen LogP contribution >= 0.6 is 23.4 Å². The Balaban J connectivity index is 1.33. The zero-order chi connectivity index (χ0) is 25.1. The molecule has 36 heavy (non-hydrogen) atoms. The molecule has 0 spiro atoms. The molecule has 1 aliphatic rings.